The molecule has 0 N–H and O–H groups in total. The number of amides is 1. The van der Waals surface area contributed by atoms with E-state index in [0.717, 1.165) is 54.8 Å². The zero-order valence-electron chi connectivity index (χ0n) is 15.4. The van der Waals surface area contributed by atoms with Gasteiger partial charge in [-0.2, -0.15) is 4.98 Å². The largest absolute Gasteiger partial charge is 0.339 e. The van der Waals surface area contributed by atoms with Gasteiger partial charge in [0.05, 0.1) is 5.52 Å². The summed E-state index contributed by atoms with van der Waals surface area (Å²) in [5.41, 5.74) is 1.06. The molecule has 1 atom stereocenters. The molecule has 3 heterocycles. The highest BCUT2D eigenvalue weighted by Gasteiger charge is 2.40. The van der Waals surface area contributed by atoms with Crippen LogP contribution in [0.5, 0.6) is 0 Å². The highest BCUT2D eigenvalue weighted by Crippen LogP contribution is 2.40. The topological polar surface area (TPSA) is 72.1 Å². The lowest BCUT2D eigenvalue weighted by Gasteiger charge is -2.38. The van der Waals surface area contributed by atoms with Gasteiger partial charge in [-0.15, -0.1) is 0 Å². The monoisotopic (exact) mass is 362 g/mol. The lowest BCUT2D eigenvalue weighted by atomic mass is 9.81. The first-order valence-corrected chi connectivity index (χ1v) is 9.62. The van der Waals surface area contributed by atoms with E-state index in [-0.39, 0.29) is 11.3 Å². The fraction of sp³-hybridized carbons (Fsp3) is 0.429. The van der Waals surface area contributed by atoms with Gasteiger partial charge in [-0.1, -0.05) is 36.3 Å². The molecule has 0 spiro atoms. The summed E-state index contributed by atoms with van der Waals surface area (Å²) in [6.07, 6.45) is 4.14. The molecule has 0 radical (unpaired) electrons. The van der Waals surface area contributed by atoms with Crippen molar-refractivity contribution in [3.05, 3.63) is 53.8 Å². The van der Waals surface area contributed by atoms with Crippen molar-refractivity contribution >= 4 is 16.8 Å². The van der Waals surface area contributed by atoms with Crippen LogP contribution in [-0.4, -0.2) is 39.0 Å². The minimum absolute atomic E-state index is 0.0300. The minimum atomic E-state index is -0.276. The van der Waals surface area contributed by atoms with Crippen molar-refractivity contribution in [1.82, 2.24) is 20.0 Å². The Morgan fingerprint density at radius 2 is 2.04 bits per heavy atom. The summed E-state index contributed by atoms with van der Waals surface area (Å²) in [6, 6.07) is 11.6. The van der Waals surface area contributed by atoms with Crippen molar-refractivity contribution < 1.29 is 9.32 Å². The second-order valence-corrected chi connectivity index (χ2v) is 8.01. The van der Waals surface area contributed by atoms with E-state index in [2.05, 4.69) is 22.0 Å². The molecule has 1 unspecified atom stereocenters. The van der Waals surface area contributed by atoms with E-state index < -0.39 is 0 Å². The van der Waals surface area contributed by atoms with E-state index in [4.69, 9.17) is 4.52 Å². The molecule has 2 aliphatic rings. The Hall–Kier alpha value is -2.76. The number of fused-ring (bicyclic) bond motifs is 1. The van der Waals surface area contributed by atoms with Crippen LogP contribution in [0.15, 0.2) is 40.9 Å². The SMILES string of the molecule is CC1(c2noc(C3CC3)n2)CCCN(C(=O)c2ccc3ccccc3n2)C1. The fourth-order valence-electron chi connectivity index (χ4n) is 3.92. The lowest BCUT2D eigenvalue weighted by Crippen LogP contribution is -2.47. The number of likely N-dealkylation sites (tertiary alicyclic amines) is 1. The summed E-state index contributed by atoms with van der Waals surface area (Å²) in [5.74, 6) is 1.90. The van der Waals surface area contributed by atoms with Gasteiger partial charge >= 0.3 is 0 Å². The van der Waals surface area contributed by atoms with Crippen molar-refractivity contribution in [1.29, 1.82) is 0 Å². The maximum Gasteiger partial charge on any atom is 0.272 e. The quantitative estimate of drug-likeness (QED) is 0.710. The molecule has 27 heavy (non-hydrogen) atoms. The normalized spacial score (nSPS) is 22.9. The van der Waals surface area contributed by atoms with E-state index in [1.165, 1.54) is 0 Å². The van der Waals surface area contributed by atoms with E-state index in [1.807, 2.05) is 41.3 Å². The second-order valence-electron chi connectivity index (χ2n) is 8.01. The van der Waals surface area contributed by atoms with Crippen LogP contribution in [0.1, 0.15) is 60.7 Å². The summed E-state index contributed by atoms with van der Waals surface area (Å²) < 4.78 is 5.46. The molecule has 6 heteroatoms. The number of pyridine rings is 1. The van der Waals surface area contributed by atoms with Gasteiger partial charge in [0, 0.05) is 29.8 Å². The van der Waals surface area contributed by atoms with Crippen molar-refractivity contribution in [2.24, 2.45) is 0 Å². The van der Waals surface area contributed by atoms with Crippen LogP contribution < -0.4 is 0 Å². The highest BCUT2D eigenvalue weighted by molar-refractivity contribution is 5.95. The van der Waals surface area contributed by atoms with Crippen LogP contribution >= 0.6 is 0 Å². The molecule has 1 amide bonds. The molecular weight excluding hydrogens is 340 g/mol. The van der Waals surface area contributed by atoms with Crippen LogP contribution in [-0.2, 0) is 5.41 Å². The Labute approximate surface area is 157 Å². The maximum atomic E-state index is 13.1. The molecule has 138 valence electrons. The van der Waals surface area contributed by atoms with Gasteiger partial charge in [0.1, 0.15) is 5.69 Å². The van der Waals surface area contributed by atoms with Crippen LogP contribution in [0.25, 0.3) is 10.9 Å². The Balaban J connectivity index is 1.39. The third kappa shape index (κ3) is 2.99. The predicted molar refractivity (Wildman–Crippen MR) is 101 cm³/mol. The number of nitrogens with zero attached hydrogens (tertiary/aromatic N) is 4. The van der Waals surface area contributed by atoms with Crippen LogP contribution in [0.3, 0.4) is 0 Å². The van der Waals surface area contributed by atoms with E-state index in [0.29, 0.717) is 18.2 Å². The molecule has 1 aliphatic heterocycles. The first-order chi connectivity index (χ1) is 13.1. The third-order valence-electron chi connectivity index (χ3n) is 5.71. The van der Waals surface area contributed by atoms with Gasteiger partial charge in [0.2, 0.25) is 5.89 Å². The summed E-state index contributed by atoms with van der Waals surface area (Å²) >= 11 is 0. The van der Waals surface area contributed by atoms with Gasteiger partial charge in [-0.25, -0.2) is 4.98 Å². The number of para-hydroxylation sites is 1. The molecule has 3 aromatic rings. The van der Waals surface area contributed by atoms with E-state index >= 15 is 0 Å². The summed E-state index contributed by atoms with van der Waals surface area (Å²) in [6.45, 7) is 3.45. The number of carbonyl (C=O) groups is 1. The molecule has 2 fully saturated rings. The number of aromatic nitrogens is 3. The second kappa shape index (κ2) is 6.15. The molecule has 0 bridgehead atoms. The number of piperidine rings is 1. The standard InChI is InChI=1S/C21H22N4O2/c1-21(20-23-18(27-24-20)15-7-8-15)11-4-12-25(13-21)19(26)17-10-9-14-5-2-3-6-16(14)22-17/h2-3,5-6,9-10,15H,4,7-8,11-13H2,1H3. The number of hydrogen-bond acceptors (Lipinski definition) is 5. The number of benzene rings is 1. The zero-order chi connectivity index (χ0) is 18.4. The maximum absolute atomic E-state index is 13.1. The van der Waals surface area contributed by atoms with Crippen LogP contribution in [0, 0.1) is 0 Å². The van der Waals surface area contributed by atoms with Crippen molar-refractivity contribution in [3.8, 4) is 0 Å². The Kier molecular flexibility index (Phi) is 3.74. The third-order valence-corrected chi connectivity index (χ3v) is 5.71. The predicted octanol–water partition coefficient (Wildman–Crippen LogP) is 3.69. The summed E-state index contributed by atoms with van der Waals surface area (Å²) in [4.78, 5) is 24.2. The van der Waals surface area contributed by atoms with Crippen molar-refractivity contribution in [2.75, 3.05) is 13.1 Å². The molecule has 2 aromatic heterocycles. The van der Waals surface area contributed by atoms with Crippen LogP contribution in [0.4, 0.5) is 0 Å². The number of carbonyl (C=O) groups excluding carboxylic acids is 1. The van der Waals surface area contributed by atoms with Crippen molar-refractivity contribution in [3.63, 3.8) is 0 Å². The lowest BCUT2D eigenvalue weighted by molar-refractivity contribution is 0.0636. The first kappa shape index (κ1) is 16.4. The average molecular weight is 362 g/mol. The summed E-state index contributed by atoms with van der Waals surface area (Å²) in [7, 11) is 0. The minimum Gasteiger partial charge on any atom is -0.339 e. The van der Waals surface area contributed by atoms with Gasteiger partial charge < -0.3 is 9.42 Å². The Morgan fingerprint density at radius 3 is 2.89 bits per heavy atom. The molecular formula is C21H22N4O2. The molecule has 1 saturated carbocycles. The van der Waals surface area contributed by atoms with Gasteiger partial charge in [-0.05, 0) is 37.8 Å². The molecule has 5 rings (SSSR count). The molecule has 1 aliphatic carbocycles. The van der Waals surface area contributed by atoms with Crippen LogP contribution in [0.2, 0.25) is 0 Å². The first-order valence-electron chi connectivity index (χ1n) is 9.62. The number of hydrogen-bond donors (Lipinski definition) is 0. The molecule has 1 aromatic carbocycles. The number of rotatable bonds is 3. The van der Waals surface area contributed by atoms with Gasteiger partial charge in [0.25, 0.3) is 5.91 Å². The highest BCUT2D eigenvalue weighted by atomic mass is 16.5. The van der Waals surface area contributed by atoms with Crippen molar-refractivity contribution in [2.45, 2.75) is 43.9 Å². The summed E-state index contributed by atoms with van der Waals surface area (Å²) in [5, 5.41) is 5.28. The molecule has 1 saturated heterocycles. The average Bonchev–Trinajstić information content (AvgIpc) is 3.43. The smallest absolute Gasteiger partial charge is 0.272 e. The molecule has 6 nitrogen and oxygen atoms in total. The van der Waals surface area contributed by atoms with Gasteiger partial charge in [-0.3, -0.25) is 4.79 Å². The van der Waals surface area contributed by atoms with E-state index in [1.54, 1.807) is 0 Å². The Morgan fingerprint density at radius 1 is 1.19 bits per heavy atom. The van der Waals surface area contributed by atoms with E-state index in [9.17, 15) is 4.79 Å². The fourth-order valence-corrected chi connectivity index (χ4v) is 3.92. The Bertz CT molecular complexity index is 1010. The zero-order valence-corrected chi connectivity index (χ0v) is 15.4. The van der Waals surface area contributed by atoms with Gasteiger partial charge in [0.15, 0.2) is 5.82 Å².